The average Bonchev–Trinajstić information content (AvgIpc) is 2.90. The molecule has 0 bridgehead atoms. The van der Waals surface area contributed by atoms with Crippen LogP contribution in [0.15, 0.2) is 54.7 Å². The van der Waals surface area contributed by atoms with Gasteiger partial charge in [0.25, 0.3) is 5.91 Å². The average molecular weight is 570 g/mol. The maximum atomic E-state index is 13.3. The van der Waals surface area contributed by atoms with Gasteiger partial charge in [-0.3, -0.25) is 9.59 Å². The number of carboxylic acids is 1. The first kappa shape index (κ1) is 29.6. The summed E-state index contributed by atoms with van der Waals surface area (Å²) in [5.74, 6) is -0.352. The number of rotatable bonds is 13. The molecule has 0 saturated carbocycles. The minimum absolute atomic E-state index is 0.0197. The molecule has 0 aliphatic carbocycles. The molecule has 6 N–H and O–H groups in total. The van der Waals surface area contributed by atoms with Crippen molar-refractivity contribution in [3.05, 3.63) is 70.9 Å². The molecule has 0 aliphatic rings. The van der Waals surface area contributed by atoms with Crippen LogP contribution in [0.2, 0.25) is 5.02 Å². The maximum absolute atomic E-state index is 13.3. The molecule has 206 valence electrons. The fourth-order valence-electron chi connectivity index (χ4n) is 3.57. The summed E-state index contributed by atoms with van der Waals surface area (Å²) in [6, 6.07) is 14.9. The quantitative estimate of drug-likeness (QED) is 0.123. The van der Waals surface area contributed by atoms with E-state index in [9.17, 15) is 9.59 Å². The van der Waals surface area contributed by atoms with Gasteiger partial charge in [-0.05, 0) is 48.3 Å². The number of nitrogens with one attached hydrogen (secondary N) is 5. The number of aliphatic carboxylic acids is 1. The molecule has 0 atom stereocenters. The lowest BCUT2D eigenvalue weighted by Crippen LogP contribution is -2.37. The van der Waals surface area contributed by atoms with Crippen molar-refractivity contribution in [1.29, 1.82) is 0 Å². The Hall–Kier alpha value is -3.96. The largest absolute Gasteiger partial charge is 0.481 e. The topological polar surface area (TPSA) is 140 Å². The number of benzene rings is 2. The van der Waals surface area contributed by atoms with Gasteiger partial charge in [0.1, 0.15) is 11.4 Å². The maximum Gasteiger partial charge on any atom is 0.305 e. The second-order valence-corrected chi connectivity index (χ2v) is 9.68. The fraction of sp³-hybridized carbons (Fsp3) is 0.296. The van der Waals surface area contributed by atoms with E-state index >= 15 is 0 Å². The molecule has 3 aromatic rings. The van der Waals surface area contributed by atoms with Crippen LogP contribution in [0.3, 0.4) is 0 Å². The number of carboxylic acid groups (broad SMARTS) is 1. The molecule has 0 fully saturated rings. The van der Waals surface area contributed by atoms with Crippen molar-refractivity contribution in [2.45, 2.75) is 32.6 Å². The highest BCUT2D eigenvalue weighted by molar-refractivity contribution is 7.80. The van der Waals surface area contributed by atoms with Crippen LogP contribution in [-0.2, 0) is 4.79 Å². The Kier molecular flexibility index (Phi) is 11.3. The van der Waals surface area contributed by atoms with Gasteiger partial charge in [-0.15, -0.1) is 0 Å². The first-order valence-electron chi connectivity index (χ1n) is 12.5. The number of carbonyl (C=O) groups excluding carboxylic acids is 1. The zero-order chi connectivity index (χ0) is 28.2. The van der Waals surface area contributed by atoms with Crippen molar-refractivity contribution in [1.82, 2.24) is 20.6 Å². The molecule has 1 heterocycles. The first-order chi connectivity index (χ1) is 18.7. The molecular weight excluding hydrogens is 538 g/mol. The predicted octanol–water partition coefficient (Wildman–Crippen LogP) is 4.99. The molecule has 10 nitrogen and oxygen atoms in total. The molecule has 3 rings (SSSR count). The highest BCUT2D eigenvalue weighted by atomic mass is 35.5. The number of hydrogen-bond donors (Lipinski definition) is 6. The van der Waals surface area contributed by atoms with E-state index in [1.54, 1.807) is 12.1 Å². The van der Waals surface area contributed by atoms with E-state index in [2.05, 4.69) is 50.4 Å². The summed E-state index contributed by atoms with van der Waals surface area (Å²) < 4.78 is 0. The lowest BCUT2D eigenvalue weighted by molar-refractivity contribution is -0.136. The monoisotopic (exact) mass is 569 g/mol. The van der Waals surface area contributed by atoms with Gasteiger partial charge in [0.05, 0.1) is 17.1 Å². The van der Waals surface area contributed by atoms with E-state index < -0.39 is 5.97 Å². The zero-order valence-electron chi connectivity index (χ0n) is 21.8. The van der Waals surface area contributed by atoms with E-state index in [4.69, 9.17) is 28.9 Å². The van der Waals surface area contributed by atoms with E-state index in [0.717, 1.165) is 11.3 Å². The smallest absolute Gasteiger partial charge is 0.305 e. The number of halogens is 1. The van der Waals surface area contributed by atoms with Crippen molar-refractivity contribution in [2.24, 2.45) is 0 Å². The third-order valence-corrected chi connectivity index (χ3v) is 6.16. The summed E-state index contributed by atoms with van der Waals surface area (Å²) in [7, 11) is 0. The molecule has 1 aromatic heterocycles. The second kappa shape index (κ2) is 14.8. The summed E-state index contributed by atoms with van der Waals surface area (Å²) in [6.45, 7) is 5.40. The van der Waals surface area contributed by atoms with Crippen molar-refractivity contribution >= 4 is 63.9 Å². The Bertz CT molecular complexity index is 1310. The van der Waals surface area contributed by atoms with Crippen molar-refractivity contribution in [3.8, 4) is 0 Å². The molecule has 0 aliphatic heterocycles. The Labute approximate surface area is 238 Å². The minimum Gasteiger partial charge on any atom is -0.481 e. The fourth-order valence-corrected chi connectivity index (χ4v) is 3.96. The number of aromatic nitrogens is 2. The zero-order valence-corrected chi connectivity index (χ0v) is 23.3. The molecule has 0 saturated heterocycles. The molecule has 0 unspecified atom stereocenters. The molecular formula is C27H32ClN7O3S. The summed E-state index contributed by atoms with van der Waals surface area (Å²) >= 11 is 11.4. The molecule has 12 heteroatoms. The molecule has 39 heavy (non-hydrogen) atoms. The Morgan fingerprint density at radius 2 is 1.69 bits per heavy atom. The number of hydrogen-bond acceptors (Lipinski definition) is 7. The molecule has 1 amide bonds. The number of anilines is 4. The van der Waals surface area contributed by atoms with Crippen molar-refractivity contribution in [3.63, 3.8) is 0 Å². The Morgan fingerprint density at radius 1 is 1.00 bits per heavy atom. The predicted molar refractivity (Wildman–Crippen MR) is 159 cm³/mol. The lowest BCUT2D eigenvalue weighted by Gasteiger charge is -2.16. The molecule has 2 aromatic carbocycles. The van der Waals surface area contributed by atoms with Gasteiger partial charge in [0.15, 0.2) is 5.11 Å². The van der Waals surface area contributed by atoms with Gasteiger partial charge in [-0.2, -0.15) is 4.98 Å². The summed E-state index contributed by atoms with van der Waals surface area (Å²) in [6.07, 6.45) is 2.10. The van der Waals surface area contributed by atoms with Gasteiger partial charge >= 0.3 is 5.97 Å². The van der Waals surface area contributed by atoms with Crippen LogP contribution in [0.25, 0.3) is 0 Å². The third kappa shape index (κ3) is 9.38. The van der Waals surface area contributed by atoms with Crippen LogP contribution < -0.4 is 26.6 Å². The van der Waals surface area contributed by atoms with Gasteiger partial charge < -0.3 is 31.7 Å². The van der Waals surface area contributed by atoms with Crippen LogP contribution in [-0.4, -0.2) is 51.7 Å². The number of para-hydroxylation sites is 2. The number of thiocarbonyl (C=S) groups is 1. The second-order valence-electron chi connectivity index (χ2n) is 8.86. The number of nitrogens with zero attached hydrogens (tertiary/aromatic N) is 2. The van der Waals surface area contributed by atoms with Gasteiger partial charge in [-0.1, -0.05) is 55.8 Å². The summed E-state index contributed by atoms with van der Waals surface area (Å²) in [4.78, 5) is 32.8. The normalized spacial score (nSPS) is 10.6. The van der Waals surface area contributed by atoms with E-state index in [1.165, 1.54) is 6.20 Å². The van der Waals surface area contributed by atoms with Gasteiger partial charge in [0.2, 0.25) is 5.95 Å². The highest BCUT2D eigenvalue weighted by Crippen LogP contribution is 2.27. The standard InChI is InChI=1S/C27H32ClN7O3S/c1-17(2)18-8-3-5-10-21(18)33-25(38)19-16-32-26(34-22-11-6-4-9-20(22)28)35-24(19)29-13-7-14-30-27(39)31-15-12-23(36)37/h3-6,8-11,16-17H,7,12-15H2,1-2H3,(H,33,38)(H,36,37)(H2,30,31,39)(H2,29,32,34,35). The molecule has 0 radical (unpaired) electrons. The van der Waals surface area contributed by atoms with E-state index in [1.807, 2.05) is 36.4 Å². The van der Waals surface area contributed by atoms with Crippen molar-refractivity contribution < 1.29 is 14.7 Å². The van der Waals surface area contributed by atoms with Gasteiger partial charge in [0, 0.05) is 31.5 Å². The van der Waals surface area contributed by atoms with E-state index in [-0.39, 0.29) is 36.3 Å². The van der Waals surface area contributed by atoms with Crippen LogP contribution >= 0.6 is 23.8 Å². The van der Waals surface area contributed by atoms with Crippen molar-refractivity contribution in [2.75, 3.05) is 35.6 Å². The lowest BCUT2D eigenvalue weighted by atomic mass is 10.0. The summed E-state index contributed by atoms with van der Waals surface area (Å²) in [5, 5.41) is 24.8. The molecule has 0 spiro atoms. The third-order valence-electron chi connectivity index (χ3n) is 5.54. The van der Waals surface area contributed by atoms with E-state index in [0.29, 0.717) is 41.2 Å². The first-order valence-corrected chi connectivity index (χ1v) is 13.3. The SMILES string of the molecule is CC(C)c1ccccc1NC(=O)c1cnc(Nc2ccccc2Cl)nc1NCCCNC(=S)NCCC(=O)O. The number of carbonyl (C=O) groups is 2. The Balaban J connectivity index is 1.70. The summed E-state index contributed by atoms with van der Waals surface area (Å²) in [5.41, 5.74) is 2.69. The minimum atomic E-state index is -0.893. The highest BCUT2D eigenvalue weighted by Gasteiger charge is 2.17. The van der Waals surface area contributed by atoms with Crippen LogP contribution in [0.4, 0.5) is 23.1 Å². The Morgan fingerprint density at radius 3 is 2.41 bits per heavy atom. The van der Waals surface area contributed by atoms with Crippen LogP contribution in [0.1, 0.15) is 48.5 Å². The van der Waals surface area contributed by atoms with Crippen LogP contribution in [0, 0.1) is 0 Å². The van der Waals surface area contributed by atoms with Crippen LogP contribution in [0.5, 0.6) is 0 Å². The van der Waals surface area contributed by atoms with Gasteiger partial charge in [-0.25, -0.2) is 4.98 Å². The number of amides is 1.